The number of fused-ring (bicyclic) bond motifs is 1. The van der Waals surface area contributed by atoms with Gasteiger partial charge in [0.05, 0.1) is 15.7 Å². The molecule has 4 nitrogen and oxygen atoms in total. The predicted molar refractivity (Wildman–Crippen MR) is 43.3 cm³/mol. The Hall–Kier alpha value is -1.15. The van der Waals surface area contributed by atoms with E-state index in [0.717, 1.165) is 11.3 Å². The van der Waals surface area contributed by atoms with Gasteiger partial charge in [0.15, 0.2) is 5.75 Å². The summed E-state index contributed by atoms with van der Waals surface area (Å²) in [6.07, 6.45) is 5.00. The van der Waals surface area contributed by atoms with Crippen molar-refractivity contribution in [2.75, 3.05) is 0 Å². The topological polar surface area (TPSA) is 39.4 Å². The molecule has 11 heavy (non-hydrogen) atoms. The van der Waals surface area contributed by atoms with Gasteiger partial charge < -0.3 is 4.52 Å². The van der Waals surface area contributed by atoms with E-state index in [9.17, 15) is 0 Å². The summed E-state index contributed by atoms with van der Waals surface area (Å²) >= 11 is 0. The summed E-state index contributed by atoms with van der Waals surface area (Å²) < 4.78 is 6.68. The van der Waals surface area contributed by atoms with Crippen molar-refractivity contribution in [2.24, 2.45) is 0 Å². The summed E-state index contributed by atoms with van der Waals surface area (Å²) in [4.78, 5) is 3.87. The molecule has 56 valence electrons. The monoisotopic (exact) mass is 167 g/mol. The molecule has 0 aliphatic rings. The highest BCUT2D eigenvalue weighted by Crippen LogP contribution is 2.20. The smallest absolute Gasteiger partial charge is 0.151 e. The molecule has 0 aromatic carbocycles. The molecule has 0 saturated carbocycles. The number of nitrogens with zero attached hydrogens (tertiary/aromatic N) is 3. The minimum Gasteiger partial charge on any atom is -0.478 e. The van der Waals surface area contributed by atoms with Crippen LogP contribution < -0.4 is 4.52 Å². The number of aromatic nitrogens is 3. The molecule has 2 aromatic heterocycles. The van der Waals surface area contributed by atoms with Gasteiger partial charge in [-0.2, -0.15) is 5.10 Å². The highest BCUT2D eigenvalue weighted by molar-refractivity contribution is 7.10. The van der Waals surface area contributed by atoms with E-state index < -0.39 is 0 Å². The molecular weight excluding hydrogens is 161 g/mol. The molecule has 0 fully saturated rings. The average molecular weight is 167 g/mol. The molecule has 2 aromatic rings. The van der Waals surface area contributed by atoms with Gasteiger partial charge in [-0.05, 0) is 0 Å². The van der Waals surface area contributed by atoms with Crippen molar-refractivity contribution in [1.29, 1.82) is 0 Å². The van der Waals surface area contributed by atoms with Gasteiger partial charge in [-0.25, -0.2) is 9.50 Å². The molecule has 2 heterocycles. The van der Waals surface area contributed by atoms with E-state index in [1.807, 2.05) is 12.3 Å². The fourth-order valence-electron chi connectivity index (χ4n) is 0.929. The van der Waals surface area contributed by atoms with Crippen LogP contribution in [0.3, 0.4) is 0 Å². The van der Waals surface area contributed by atoms with Crippen molar-refractivity contribution < 1.29 is 4.52 Å². The van der Waals surface area contributed by atoms with Crippen molar-refractivity contribution >= 4 is 15.0 Å². The quantitative estimate of drug-likeness (QED) is 0.592. The van der Waals surface area contributed by atoms with E-state index in [-0.39, 0.29) is 0 Å². The van der Waals surface area contributed by atoms with Crippen LogP contribution in [0.1, 0.15) is 0 Å². The highest BCUT2D eigenvalue weighted by Gasteiger charge is 2.00. The van der Waals surface area contributed by atoms with Crippen molar-refractivity contribution in [3.05, 3.63) is 24.8 Å². The van der Waals surface area contributed by atoms with Gasteiger partial charge in [0.25, 0.3) is 0 Å². The summed E-state index contributed by atoms with van der Waals surface area (Å²) in [5, 5.41) is 3.97. The molecule has 0 amide bonds. The van der Waals surface area contributed by atoms with Gasteiger partial charge in [0, 0.05) is 12.3 Å². The molecule has 2 rings (SSSR count). The van der Waals surface area contributed by atoms with Crippen LogP contribution in [0.2, 0.25) is 0 Å². The van der Waals surface area contributed by atoms with Crippen molar-refractivity contribution in [1.82, 2.24) is 14.6 Å². The van der Waals surface area contributed by atoms with Crippen LogP contribution >= 0.6 is 9.47 Å². The van der Waals surface area contributed by atoms with E-state index >= 15 is 0 Å². The third-order valence-electron chi connectivity index (χ3n) is 1.43. The first-order valence-electron chi connectivity index (χ1n) is 3.06. The lowest BCUT2D eigenvalue weighted by Gasteiger charge is -1.94. The second-order valence-electron chi connectivity index (χ2n) is 2.04. The molecule has 5 heteroatoms. The van der Waals surface area contributed by atoms with Gasteiger partial charge in [-0.1, -0.05) is 0 Å². The van der Waals surface area contributed by atoms with Crippen molar-refractivity contribution in [2.45, 2.75) is 0 Å². The minimum atomic E-state index is 0.760. The zero-order chi connectivity index (χ0) is 7.68. The Bertz CT molecular complexity index is 373. The molecule has 0 radical (unpaired) electrons. The van der Waals surface area contributed by atoms with E-state index in [4.69, 9.17) is 4.52 Å². The molecule has 0 spiro atoms. The Balaban J connectivity index is 2.76. The maximum atomic E-state index is 4.98. The number of rotatable bonds is 1. The first-order chi connectivity index (χ1) is 5.42. The van der Waals surface area contributed by atoms with Gasteiger partial charge in [0.1, 0.15) is 11.8 Å². The Kier molecular flexibility index (Phi) is 1.47. The maximum Gasteiger partial charge on any atom is 0.151 e. The van der Waals surface area contributed by atoms with Crippen LogP contribution in [0.25, 0.3) is 5.52 Å². The van der Waals surface area contributed by atoms with Crippen LogP contribution in [0.5, 0.6) is 5.75 Å². The fraction of sp³-hybridized carbons (Fsp3) is 0. The summed E-state index contributed by atoms with van der Waals surface area (Å²) in [5.74, 6) is 0.760. The number of hydrogen-bond acceptors (Lipinski definition) is 3. The summed E-state index contributed by atoms with van der Waals surface area (Å²) in [5.41, 5.74) is 0.863. The number of hydrogen-bond donors (Lipinski definition) is 0. The van der Waals surface area contributed by atoms with Gasteiger partial charge in [-0.15, -0.1) is 0 Å². The first kappa shape index (κ1) is 6.55. The zero-order valence-corrected chi connectivity index (χ0v) is 6.79. The highest BCUT2D eigenvalue weighted by atomic mass is 31.0. The molecule has 1 unspecified atom stereocenters. The molecule has 0 aliphatic carbocycles. The molecule has 0 aliphatic heterocycles. The third-order valence-corrected chi connectivity index (χ3v) is 1.69. The Morgan fingerprint density at radius 1 is 1.55 bits per heavy atom. The van der Waals surface area contributed by atoms with Gasteiger partial charge in [-0.3, -0.25) is 0 Å². The Morgan fingerprint density at radius 3 is 3.27 bits per heavy atom. The minimum absolute atomic E-state index is 0.760. The summed E-state index contributed by atoms with van der Waals surface area (Å²) in [6.45, 7) is 0. The summed E-state index contributed by atoms with van der Waals surface area (Å²) in [6, 6.07) is 1.83. The second-order valence-corrected chi connectivity index (χ2v) is 2.27. The Labute approximate surface area is 65.5 Å². The SMILES string of the molecule is POc1ccn2ncncc12. The van der Waals surface area contributed by atoms with E-state index in [1.165, 1.54) is 6.33 Å². The lowest BCUT2D eigenvalue weighted by atomic mass is 10.5. The first-order valence-corrected chi connectivity index (χ1v) is 3.53. The molecule has 0 saturated heterocycles. The van der Waals surface area contributed by atoms with E-state index in [0.29, 0.717) is 0 Å². The lowest BCUT2D eigenvalue weighted by molar-refractivity contribution is 0.653. The van der Waals surface area contributed by atoms with Gasteiger partial charge in [0.2, 0.25) is 0 Å². The third kappa shape index (κ3) is 0.955. The normalized spacial score (nSPS) is 10.3. The zero-order valence-electron chi connectivity index (χ0n) is 5.64. The predicted octanol–water partition coefficient (Wildman–Crippen LogP) is 0.898. The average Bonchev–Trinajstić information content (AvgIpc) is 2.47. The molecule has 1 atom stereocenters. The lowest BCUT2D eigenvalue weighted by Crippen LogP contribution is -1.88. The molecule has 0 bridgehead atoms. The molecular formula is C6H6N3OP. The maximum absolute atomic E-state index is 4.98. The van der Waals surface area contributed by atoms with Crippen LogP contribution in [0, 0.1) is 0 Å². The van der Waals surface area contributed by atoms with Crippen LogP contribution in [0.15, 0.2) is 24.8 Å². The fourth-order valence-corrected chi connectivity index (χ4v) is 1.13. The van der Waals surface area contributed by atoms with E-state index in [1.54, 1.807) is 10.7 Å². The standard InChI is InChI=1S/C6H6N3OP/c11-10-6-1-2-9-5(6)3-7-4-8-9/h1-4H,11H2. The molecule has 0 N–H and O–H groups in total. The van der Waals surface area contributed by atoms with Gasteiger partial charge >= 0.3 is 0 Å². The van der Waals surface area contributed by atoms with Crippen molar-refractivity contribution in [3.8, 4) is 5.75 Å². The van der Waals surface area contributed by atoms with Crippen LogP contribution in [0.4, 0.5) is 0 Å². The summed E-state index contributed by atoms with van der Waals surface area (Å²) in [7, 11) is 2.19. The largest absolute Gasteiger partial charge is 0.478 e. The second kappa shape index (κ2) is 2.47. The van der Waals surface area contributed by atoms with Crippen LogP contribution in [-0.2, 0) is 0 Å². The van der Waals surface area contributed by atoms with E-state index in [2.05, 4.69) is 19.5 Å². The van der Waals surface area contributed by atoms with Crippen LogP contribution in [-0.4, -0.2) is 14.6 Å². The van der Waals surface area contributed by atoms with Crippen molar-refractivity contribution in [3.63, 3.8) is 0 Å². The Morgan fingerprint density at radius 2 is 2.45 bits per heavy atom.